The standard InChI is InChI=1S/C32H45N3O5/c1-7-10-14-19-34(18-9-3)30(39)27-32-20-22(4)31(5,40-32)25(28(37)33(6)17-8-2)26(32)29(38)35(27)24(21-36)23-15-12-11-13-16-23/h8-9,11-13,15-16,22,24-27,36H,2-3,7,10,14,17-21H2,1,4-6H3/t22?,24-,25+,26+,27?,31-,32?/m1/s1. The van der Waals surface area contributed by atoms with Crippen LogP contribution in [0.3, 0.4) is 0 Å². The zero-order valence-electron chi connectivity index (χ0n) is 24.4. The van der Waals surface area contributed by atoms with Crippen molar-refractivity contribution in [3.63, 3.8) is 0 Å². The quantitative estimate of drug-likeness (QED) is 0.299. The number of ether oxygens (including phenoxy) is 1. The predicted molar refractivity (Wildman–Crippen MR) is 154 cm³/mol. The molecule has 218 valence electrons. The zero-order chi connectivity index (χ0) is 29.2. The molecule has 3 aliphatic heterocycles. The number of benzene rings is 1. The Morgan fingerprint density at radius 3 is 2.45 bits per heavy atom. The molecule has 40 heavy (non-hydrogen) atoms. The monoisotopic (exact) mass is 551 g/mol. The summed E-state index contributed by atoms with van der Waals surface area (Å²) < 4.78 is 6.87. The number of carbonyl (C=O) groups excluding carboxylic acids is 3. The minimum Gasteiger partial charge on any atom is -0.394 e. The molecule has 1 aromatic carbocycles. The maximum absolute atomic E-state index is 14.6. The Morgan fingerprint density at radius 2 is 1.85 bits per heavy atom. The smallest absolute Gasteiger partial charge is 0.248 e. The van der Waals surface area contributed by atoms with Crippen LogP contribution in [0.15, 0.2) is 55.6 Å². The van der Waals surface area contributed by atoms with Crippen molar-refractivity contribution < 1.29 is 24.2 Å². The SMILES string of the molecule is C=CCN(C)C(=O)[C@@H]1[C@H]2C(=O)N([C@H](CO)c3ccccc3)C(C(=O)N(CC=C)CCCCC)C23CC(C)[C@@]1(C)O3. The van der Waals surface area contributed by atoms with E-state index in [2.05, 4.69) is 20.1 Å². The number of nitrogens with zero attached hydrogens (tertiary/aromatic N) is 3. The largest absolute Gasteiger partial charge is 0.394 e. The second-order valence-electron chi connectivity index (χ2n) is 11.8. The first kappa shape index (κ1) is 30.0. The van der Waals surface area contributed by atoms with Gasteiger partial charge in [0.2, 0.25) is 17.7 Å². The van der Waals surface area contributed by atoms with Gasteiger partial charge in [-0.15, -0.1) is 13.2 Å². The number of rotatable bonds is 13. The van der Waals surface area contributed by atoms with Gasteiger partial charge < -0.3 is 24.5 Å². The van der Waals surface area contributed by atoms with Gasteiger partial charge in [-0.1, -0.05) is 69.2 Å². The Labute approximate surface area is 238 Å². The highest BCUT2D eigenvalue weighted by Gasteiger charge is 2.80. The maximum Gasteiger partial charge on any atom is 0.248 e. The number of hydrogen-bond acceptors (Lipinski definition) is 5. The average Bonchev–Trinajstić information content (AvgIpc) is 3.45. The molecular formula is C32H45N3O5. The van der Waals surface area contributed by atoms with Crippen LogP contribution in [0, 0.1) is 17.8 Å². The van der Waals surface area contributed by atoms with Crippen molar-refractivity contribution in [3.05, 3.63) is 61.2 Å². The molecule has 8 nitrogen and oxygen atoms in total. The van der Waals surface area contributed by atoms with Crippen molar-refractivity contribution in [3.8, 4) is 0 Å². The van der Waals surface area contributed by atoms with Crippen LogP contribution in [0.1, 0.15) is 58.1 Å². The van der Waals surface area contributed by atoms with Gasteiger partial charge in [0.1, 0.15) is 11.6 Å². The molecule has 3 heterocycles. The number of aliphatic hydroxyl groups is 1. The summed E-state index contributed by atoms with van der Waals surface area (Å²) in [7, 11) is 1.70. The summed E-state index contributed by atoms with van der Waals surface area (Å²) in [6.45, 7) is 14.6. The van der Waals surface area contributed by atoms with Gasteiger partial charge in [-0.2, -0.15) is 0 Å². The molecule has 3 amide bonds. The number of unbranched alkanes of at least 4 members (excludes halogenated alkanes) is 2. The molecular weight excluding hydrogens is 506 g/mol. The number of likely N-dealkylation sites (N-methyl/N-ethyl adjacent to an activating group) is 1. The molecule has 4 rings (SSSR count). The van der Waals surface area contributed by atoms with Crippen LogP contribution < -0.4 is 0 Å². The molecule has 3 fully saturated rings. The van der Waals surface area contributed by atoms with Crippen LogP contribution in [0.5, 0.6) is 0 Å². The lowest BCUT2D eigenvalue weighted by Gasteiger charge is -2.39. The first-order chi connectivity index (χ1) is 19.1. The highest BCUT2D eigenvalue weighted by Crippen LogP contribution is 2.66. The van der Waals surface area contributed by atoms with E-state index in [4.69, 9.17) is 4.74 Å². The van der Waals surface area contributed by atoms with Crippen molar-refractivity contribution in [1.29, 1.82) is 0 Å². The van der Waals surface area contributed by atoms with Crippen molar-refractivity contribution in [2.45, 2.75) is 69.7 Å². The zero-order valence-corrected chi connectivity index (χ0v) is 24.4. The van der Waals surface area contributed by atoms with Crippen molar-refractivity contribution in [2.24, 2.45) is 17.8 Å². The molecule has 2 bridgehead atoms. The van der Waals surface area contributed by atoms with Crippen molar-refractivity contribution in [1.82, 2.24) is 14.7 Å². The van der Waals surface area contributed by atoms with Gasteiger partial charge in [0.15, 0.2) is 0 Å². The van der Waals surface area contributed by atoms with Crippen LogP contribution in [-0.4, -0.2) is 88.1 Å². The molecule has 1 spiro atoms. The molecule has 1 aromatic rings. The molecule has 1 N–H and O–H groups in total. The molecule has 0 aromatic heterocycles. The molecule has 7 atom stereocenters. The Morgan fingerprint density at radius 1 is 1.18 bits per heavy atom. The fraction of sp³-hybridized carbons (Fsp3) is 0.594. The molecule has 3 unspecified atom stereocenters. The molecule has 3 aliphatic rings. The molecule has 0 saturated carbocycles. The van der Waals surface area contributed by atoms with Gasteiger partial charge in [-0.3, -0.25) is 14.4 Å². The Kier molecular flexibility index (Phi) is 8.90. The van der Waals surface area contributed by atoms with E-state index in [9.17, 15) is 19.5 Å². The van der Waals surface area contributed by atoms with E-state index in [1.165, 1.54) is 0 Å². The lowest BCUT2D eigenvalue weighted by atomic mass is 9.62. The molecule has 0 aliphatic carbocycles. The minimum atomic E-state index is -1.18. The minimum absolute atomic E-state index is 0.0601. The van der Waals surface area contributed by atoms with Gasteiger partial charge in [0.25, 0.3) is 0 Å². The van der Waals surface area contributed by atoms with E-state index in [-0.39, 0.29) is 30.2 Å². The Hall–Kier alpha value is -2.97. The van der Waals surface area contributed by atoms with E-state index >= 15 is 0 Å². The number of carbonyl (C=O) groups is 3. The van der Waals surface area contributed by atoms with Crippen LogP contribution >= 0.6 is 0 Å². The summed E-state index contributed by atoms with van der Waals surface area (Å²) in [4.78, 5) is 48.0. The third-order valence-corrected chi connectivity index (χ3v) is 9.42. The second-order valence-corrected chi connectivity index (χ2v) is 11.8. The van der Waals surface area contributed by atoms with Gasteiger partial charge >= 0.3 is 0 Å². The summed E-state index contributed by atoms with van der Waals surface area (Å²) in [6.07, 6.45) is 6.65. The fourth-order valence-corrected chi connectivity index (χ4v) is 7.39. The third-order valence-electron chi connectivity index (χ3n) is 9.42. The normalized spacial score (nSPS) is 31.1. The van der Waals surface area contributed by atoms with Gasteiger partial charge in [-0.25, -0.2) is 0 Å². The van der Waals surface area contributed by atoms with E-state index in [0.29, 0.717) is 26.1 Å². The summed E-state index contributed by atoms with van der Waals surface area (Å²) >= 11 is 0. The summed E-state index contributed by atoms with van der Waals surface area (Å²) in [6, 6.07) is 7.55. The highest BCUT2D eigenvalue weighted by molar-refractivity contribution is 5.99. The van der Waals surface area contributed by atoms with Crippen LogP contribution in [0.4, 0.5) is 0 Å². The van der Waals surface area contributed by atoms with E-state index in [1.54, 1.807) is 33.9 Å². The lowest BCUT2D eigenvalue weighted by molar-refractivity contribution is -0.157. The van der Waals surface area contributed by atoms with Crippen LogP contribution in [0.25, 0.3) is 0 Å². The number of amides is 3. The van der Waals surface area contributed by atoms with Crippen molar-refractivity contribution >= 4 is 17.7 Å². The number of likely N-dealkylation sites (tertiary alicyclic amines) is 1. The molecule has 3 saturated heterocycles. The van der Waals surface area contributed by atoms with Gasteiger partial charge in [-0.05, 0) is 31.2 Å². The number of fused-ring (bicyclic) bond motifs is 1. The highest BCUT2D eigenvalue weighted by atomic mass is 16.5. The molecule has 0 radical (unpaired) electrons. The summed E-state index contributed by atoms with van der Waals surface area (Å²) in [5, 5.41) is 10.7. The van der Waals surface area contributed by atoms with E-state index in [0.717, 1.165) is 24.8 Å². The average molecular weight is 552 g/mol. The van der Waals surface area contributed by atoms with Gasteiger partial charge in [0, 0.05) is 26.7 Å². The second kappa shape index (κ2) is 11.9. The number of hydrogen-bond donors (Lipinski definition) is 1. The first-order valence-corrected chi connectivity index (χ1v) is 14.6. The Balaban J connectivity index is 1.86. The Bertz CT molecular complexity index is 1120. The predicted octanol–water partition coefficient (Wildman–Crippen LogP) is 3.58. The maximum atomic E-state index is 14.6. The first-order valence-electron chi connectivity index (χ1n) is 14.6. The summed E-state index contributed by atoms with van der Waals surface area (Å²) in [5.41, 5.74) is -1.34. The topological polar surface area (TPSA) is 90.4 Å². The molecule has 8 heteroatoms. The van der Waals surface area contributed by atoms with Gasteiger partial charge in [0.05, 0.1) is 30.1 Å². The fourth-order valence-electron chi connectivity index (χ4n) is 7.39. The lowest BCUT2D eigenvalue weighted by Crippen LogP contribution is -2.57. The van der Waals surface area contributed by atoms with Crippen LogP contribution in [-0.2, 0) is 19.1 Å². The number of aliphatic hydroxyl groups excluding tert-OH is 1. The third kappa shape index (κ3) is 4.69. The van der Waals surface area contributed by atoms with Crippen LogP contribution in [0.2, 0.25) is 0 Å². The van der Waals surface area contributed by atoms with E-state index in [1.807, 2.05) is 44.2 Å². The summed E-state index contributed by atoms with van der Waals surface area (Å²) in [5.74, 6) is -2.36. The van der Waals surface area contributed by atoms with Crippen molar-refractivity contribution in [2.75, 3.05) is 33.3 Å². The van der Waals surface area contributed by atoms with E-state index < -0.39 is 35.1 Å².